The summed E-state index contributed by atoms with van der Waals surface area (Å²) in [6, 6.07) is 19.1. The largest absolute Gasteiger partial charge is 0.492 e. The predicted molar refractivity (Wildman–Crippen MR) is 118 cm³/mol. The summed E-state index contributed by atoms with van der Waals surface area (Å²) in [6.45, 7) is 4.10. The molecule has 0 aliphatic carbocycles. The van der Waals surface area contributed by atoms with E-state index in [2.05, 4.69) is 10.4 Å². The fraction of sp³-hybridized carbons (Fsp3) is 0.208. The quantitative estimate of drug-likeness (QED) is 0.327. The van der Waals surface area contributed by atoms with E-state index in [1.807, 2.05) is 79.2 Å². The van der Waals surface area contributed by atoms with Crippen LogP contribution < -0.4 is 10.1 Å². The second-order valence-electron chi connectivity index (χ2n) is 6.78. The lowest BCUT2D eigenvalue weighted by molar-refractivity contribution is -0.143. The molecule has 3 aromatic rings. The third kappa shape index (κ3) is 6.30. The Morgan fingerprint density at radius 2 is 1.71 bits per heavy atom. The smallest absolute Gasteiger partial charge is 0.331 e. The van der Waals surface area contributed by atoms with Gasteiger partial charge in [0.2, 0.25) is 0 Å². The summed E-state index contributed by atoms with van der Waals surface area (Å²) in [7, 11) is 0. The highest BCUT2D eigenvalue weighted by Gasteiger charge is 2.11. The van der Waals surface area contributed by atoms with Crippen molar-refractivity contribution in [1.82, 2.24) is 15.1 Å². The van der Waals surface area contributed by atoms with Crippen molar-refractivity contribution in [3.63, 3.8) is 0 Å². The zero-order valence-electron chi connectivity index (χ0n) is 17.6. The fourth-order valence-electron chi connectivity index (χ4n) is 2.98. The first kappa shape index (κ1) is 21.8. The molecule has 2 aromatic carbocycles. The lowest BCUT2D eigenvalue weighted by Crippen LogP contribution is -2.31. The zero-order chi connectivity index (χ0) is 22.1. The summed E-state index contributed by atoms with van der Waals surface area (Å²) < 4.78 is 12.3. The van der Waals surface area contributed by atoms with Crippen LogP contribution in [0.3, 0.4) is 0 Å². The Balaban J connectivity index is 1.44. The van der Waals surface area contributed by atoms with E-state index in [9.17, 15) is 9.59 Å². The number of nitrogens with one attached hydrogen (secondary N) is 1. The van der Waals surface area contributed by atoms with Gasteiger partial charge in [0.15, 0.2) is 6.61 Å². The summed E-state index contributed by atoms with van der Waals surface area (Å²) in [5.41, 5.74) is 3.48. The number of aromatic nitrogens is 2. The number of esters is 1. The second-order valence-corrected chi connectivity index (χ2v) is 6.78. The SMILES string of the molecule is Cc1nn(-c2ccccc2)c(C)c1/C=C/C(=O)OCC(=O)NCCOc1ccccc1. The number of aryl methyl sites for hydroxylation is 1. The van der Waals surface area contributed by atoms with Crippen LogP contribution in [0.25, 0.3) is 11.8 Å². The van der Waals surface area contributed by atoms with Crippen LogP contribution in [0, 0.1) is 13.8 Å². The molecule has 0 saturated carbocycles. The molecule has 160 valence electrons. The molecule has 0 unspecified atom stereocenters. The van der Waals surface area contributed by atoms with Gasteiger partial charge in [-0.15, -0.1) is 0 Å². The highest BCUT2D eigenvalue weighted by Crippen LogP contribution is 2.19. The first-order valence-corrected chi connectivity index (χ1v) is 9.95. The van der Waals surface area contributed by atoms with Gasteiger partial charge < -0.3 is 14.8 Å². The summed E-state index contributed by atoms with van der Waals surface area (Å²) in [6.07, 6.45) is 2.96. The van der Waals surface area contributed by atoms with Crippen molar-refractivity contribution in [3.05, 3.63) is 83.7 Å². The third-order valence-electron chi connectivity index (χ3n) is 4.52. The van der Waals surface area contributed by atoms with E-state index >= 15 is 0 Å². The van der Waals surface area contributed by atoms with Crippen LogP contribution in [0.4, 0.5) is 0 Å². The normalized spacial score (nSPS) is 10.8. The maximum atomic E-state index is 12.0. The number of hydrogen-bond acceptors (Lipinski definition) is 5. The van der Waals surface area contributed by atoms with Gasteiger partial charge >= 0.3 is 5.97 Å². The van der Waals surface area contributed by atoms with E-state index in [0.717, 1.165) is 28.4 Å². The van der Waals surface area contributed by atoms with Gasteiger partial charge in [-0.2, -0.15) is 5.10 Å². The van der Waals surface area contributed by atoms with Crippen LogP contribution in [-0.4, -0.2) is 41.4 Å². The summed E-state index contributed by atoms with van der Waals surface area (Å²) in [4.78, 5) is 23.8. The molecule has 1 amide bonds. The second kappa shape index (κ2) is 10.8. The third-order valence-corrected chi connectivity index (χ3v) is 4.52. The Bertz CT molecular complexity index is 1040. The average molecular weight is 419 g/mol. The van der Waals surface area contributed by atoms with Crippen molar-refractivity contribution in [2.24, 2.45) is 0 Å². The summed E-state index contributed by atoms with van der Waals surface area (Å²) in [5.74, 6) is -0.251. The molecule has 31 heavy (non-hydrogen) atoms. The molecular weight excluding hydrogens is 394 g/mol. The predicted octanol–water partition coefficient (Wildman–Crippen LogP) is 3.24. The topological polar surface area (TPSA) is 82.5 Å². The minimum atomic E-state index is -0.595. The van der Waals surface area contributed by atoms with Gasteiger partial charge in [0.1, 0.15) is 12.4 Å². The maximum absolute atomic E-state index is 12.0. The number of carbonyl (C=O) groups is 2. The first-order valence-electron chi connectivity index (χ1n) is 9.95. The van der Waals surface area contributed by atoms with Crippen molar-refractivity contribution >= 4 is 18.0 Å². The van der Waals surface area contributed by atoms with E-state index in [-0.39, 0.29) is 12.5 Å². The molecule has 0 aliphatic heterocycles. The number of carbonyl (C=O) groups excluding carboxylic acids is 2. The minimum Gasteiger partial charge on any atom is -0.492 e. The van der Waals surface area contributed by atoms with E-state index in [1.54, 1.807) is 6.08 Å². The van der Waals surface area contributed by atoms with Gasteiger partial charge in [0.05, 0.1) is 17.9 Å². The maximum Gasteiger partial charge on any atom is 0.331 e. The van der Waals surface area contributed by atoms with Crippen molar-refractivity contribution in [2.45, 2.75) is 13.8 Å². The zero-order valence-corrected chi connectivity index (χ0v) is 17.6. The van der Waals surface area contributed by atoms with Crippen LogP contribution in [-0.2, 0) is 14.3 Å². The molecule has 0 saturated heterocycles. The van der Waals surface area contributed by atoms with Gasteiger partial charge in [-0.1, -0.05) is 36.4 Å². The molecule has 0 atom stereocenters. The van der Waals surface area contributed by atoms with Crippen LogP contribution >= 0.6 is 0 Å². The molecule has 0 radical (unpaired) electrons. The van der Waals surface area contributed by atoms with E-state index in [0.29, 0.717) is 13.2 Å². The van der Waals surface area contributed by atoms with Gasteiger partial charge in [-0.3, -0.25) is 4.79 Å². The number of benzene rings is 2. The Labute approximate surface area is 181 Å². The molecule has 1 heterocycles. The highest BCUT2D eigenvalue weighted by molar-refractivity contribution is 5.89. The Kier molecular flexibility index (Phi) is 7.59. The van der Waals surface area contributed by atoms with Crippen molar-refractivity contribution in [1.29, 1.82) is 0 Å². The summed E-state index contributed by atoms with van der Waals surface area (Å²) in [5, 5.41) is 7.18. The monoisotopic (exact) mass is 419 g/mol. The molecule has 1 aromatic heterocycles. The van der Waals surface area contributed by atoms with Gasteiger partial charge in [0.25, 0.3) is 5.91 Å². The number of para-hydroxylation sites is 2. The number of hydrogen-bond donors (Lipinski definition) is 1. The number of amides is 1. The standard InChI is InChI=1S/C24H25N3O4/c1-18-22(19(2)27(26-18)20-9-5-3-6-10-20)13-14-24(29)31-17-23(28)25-15-16-30-21-11-7-4-8-12-21/h3-14H,15-17H2,1-2H3,(H,25,28)/b14-13+. The average Bonchev–Trinajstić information content (AvgIpc) is 3.08. The van der Waals surface area contributed by atoms with Crippen molar-refractivity contribution in [2.75, 3.05) is 19.8 Å². The molecular formula is C24H25N3O4. The lowest BCUT2D eigenvalue weighted by atomic mass is 10.2. The van der Waals surface area contributed by atoms with Crippen molar-refractivity contribution in [3.8, 4) is 11.4 Å². The number of ether oxygens (including phenoxy) is 2. The van der Waals surface area contributed by atoms with E-state index < -0.39 is 5.97 Å². The number of nitrogens with zero attached hydrogens (tertiary/aromatic N) is 2. The molecule has 0 fully saturated rings. The van der Waals surface area contributed by atoms with Crippen LogP contribution in [0.2, 0.25) is 0 Å². The molecule has 7 heteroatoms. The number of rotatable bonds is 9. The van der Waals surface area contributed by atoms with Gasteiger partial charge in [-0.25, -0.2) is 9.48 Å². The minimum absolute atomic E-state index is 0.318. The Hall–Kier alpha value is -3.87. The molecule has 7 nitrogen and oxygen atoms in total. The van der Waals surface area contributed by atoms with E-state index in [4.69, 9.17) is 9.47 Å². The van der Waals surface area contributed by atoms with Gasteiger partial charge in [0, 0.05) is 17.3 Å². The lowest BCUT2D eigenvalue weighted by Gasteiger charge is -2.07. The highest BCUT2D eigenvalue weighted by atomic mass is 16.5. The molecule has 1 N–H and O–H groups in total. The van der Waals surface area contributed by atoms with Crippen LogP contribution in [0.1, 0.15) is 17.0 Å². The van der Waals surface area contributed by atoms with E-state index in [1.165, 1.54) is 6.08 Å². The molecule has 3 rings (SSSR count). The molecule has 0 aliphatic rings. The summed E-state index contributed by atoms with van der Waals surface area (Å²) >= 11 is 0. The van der Waals surface area contributed by atoms with Crippen LogP contribution in [0.5, 0.6) is 5.75 Å². The molecule has 0 spiro atoms. The van der Waals surface area contributed by atoms with Crippen LogP contribution in [0.15, 0.2) is 66.7 Å². The Morgan fingerprint density at radius 3 is 2.42 bits per heavy atom. The van der Waals surface area contributed by atoms with Gasteiger partial charge in [-0.05, 0) is 44.2 Å². The fourth-order valence-corrected chi connectivity index (χ4v) is 2.98. The Morgan fingerprint density at radius 1 is 1.03 bits per heavy atom. The first-order chi connectivity index (χ1) is 15.0. The molecule has 0 bridgehead atoms. The van der Waals surface area contributed by atoms with Crippen molar-refractivity contribution < 1.29 is 19.1 Å².